The van der Waals surface area contributed by atoms with Gasteiger partial charge in [-0.3, -0.25) is 14.4 Å². The van der Waals surface area contributed by atoms with E-state index in [0.29, 0.717) is 26.2 Å². The van der Waals surface area contributed by atoms with Gasteiger partial charge in [0.1, 0.15) is 11.5 Å². The molecule has 0 aliphatic carbocycles. The minimum atomic E-state index is -0.126. The first-order valence-electron chi connectivity index (χ1n) is 8.72. The molecule has 0 aromatic carbocycles. The van der Waals surface area contributed by atoms with Gasteiger partial charge in [-0.25, -0.2) is 0 Å². The van der Waals surface area contributed by atoms with Crippen LogP contribution in [0.2, 0.25) is 0 Å². The summed E-state index contributed by atoms with van der Waals surface area (Å²) in [6.45, 7) is 6.21. The van der Waals surface area contributed by atoms with Crippen LogP contribution in [-0.4, -0.2) is 59.2 Å². The molecule has 0 saturated carbocycles. The lowest BCUT2D eigenvalue weighted by Crippen LogP contribution is -2.41. The van der Waals surface area contributed by atoms with E-state index in [2.05, 4.69) is 20.2 Å². The molecule has 1 aliphatic rings. The maximum atomic E-state index is 12.6. The summed E-state index contributed by atoms with van der Waals surface area (Å²) in [6, 6.07) is 6.00. The van der Waals surface area contributed by atoms with Crippen molar-refractivity contribution >= 4 is 5.91 Å². The van der Waals surface area contributed by atoms with E-state index in [1.54, 1.807) is 6.20 Å². The number of carbonyl (C=O) groups is 1. The highest BCUT2D eigenvalue weighted by molar-refractivity contribution is 5.78. The van der Waals surface area contributed by atoms with Gasteiger partial charge in [-0.15, -0.1) is 0 Å². The van der Waals surface area contributed by atoms with Crippen molar-refractivity contribution in [2.45, 2.75) is 26.6 Å². The van der Waals surface area contributed by atoms with E-state index in [4.69, 9.17) is 4.42 Å². The second-order valence-electron chi connectivity index (χ2n) is 6.98. The van der Waals surface area contributed by atoms with Crippen molar-refractivity contribution in [3.05, 3.63) is 41.6 Å². The van der Waals surface area contributed by atoms with Gasteiger partial charge in [0.05, 0.1) is 24.7 Å². The molecular formula is C18H27N5O2. The van der Waals surface area contributed by atoms with Crippen molar-refractivity contribution in [1.82, 2.24) is 24.9 Å². The topological polar surface area (TPSA) is 66.5 Å². The average Bonchev–Trinajstić information content (AvgIpc) is 3.11. The number of fused-ring (bicyclic) bond motifs is 1. The summed E-state index contributed by atoms with van der Waals surface area (Å²) in [5.74, 6) is 1.80. The van der Waals surface area contributed by atoms with Crippen molar-refractivity contribution in [2.75, 3.05) is 33.7 Å². The van der Waals surface area contributed by atoms with Crippen LogP contribution in [0.5, 0.6) is 0 Å². The molecule has 1 amide bonds. The standard InChI is InChI=1S/C18H27N5O2/c1-14-4-5-17(25-14)13-22-10-15(18(24)19-8-9-21(2)3)11-23-16(12-22)6-7-20-23/h4-7,15H,8-13H2,1-3H3,(H,19,24)/t15-/m0/s1. The Morgan fingerprint density at radius 1 is 1.36 bits per heavy atom. The van der Waals surface area contributed by atoms with Gasteiger partial charge >= 0.3 is 0 Å². The Morgan fingerprint density at radius 2 is 2.20 bits per heavy atom. The van der Waals surface area contributed by atoms with E-state index >= 15 is 0 Å². The Bertz CT molecular complexity index is 706. The van der Waals surface area contributed by atoms with Gasteiger partial charge < -0.3 is 14.6 Å². The maximum Gasteiger partial charge on any atom is 0.226 e. The first-order chi connectivity index (χ1) is 12.0. The minimum Gasteiger partial charge on any atom is -0.465 e. The molecule has 1 aliphatic heterocycles. The van der Waals surface area contributed by atoms with Crippen LogP contribution in [0, 0.1) is 12.8 Å². The smallest absolute Gasteiger partial charge is 0.226 e. The molecule has 0 saturated heterocycles. The zero-order chi connectivity index (χ0) is 17.8. The third kappa shape index (κ3) is 4.70. The molecular weight excluding hydrogens is 318 g/mol. The van der Waals surface area contributed by atoms with E-state index in [1.165, 1.54) is 0 Å². The average molecular weight is 345 g/mol. The normalized spacial score (nSPS) is 18.2. The number of furan rings is 1. The molecule has 2 aromatic heterocycles. The van der Waals surface area contributed by atoms with Crippen molar-refractivity contribution < 1.29 is 9.21 Å². The monoisotopic (exact) mass is 345 g/mol. The summed E-state index contributed by atoms with van der Waals surface area (Å²) >= 11 is 0. The van der Waals surface area contributed by atoms with Gasteiger partial charge in [0.2, 0.25) is 5.91 Å². The number of amides is 1. The van der Waals surface area contributed by atoms with E-state index in [1.807, 2.05) is 43.9 Å². The second-order valence-corrected chi connectivity index (χ2v) is 6.98. The van der Waals surface area contributed by atoms with E-state index in [-0.39, 0.29) is 11.8 Å². The van der Waals surface area contributed by atoms with Gasteiger partial charge in [0.25, 0.3) is 0 Å². The minimum absolute atomic E-state index is 0.0887. The maximum absolute atomic E-state index is 12.6. The van der Waals surface area contributed by atoms with Crippen molar-refractivity contribution in [3.8, 4) is 0 Å². The van der Waals surface area contributed by atoms with E-state index in [0.717, 1.165) is 30.3 Å². The quantitative estimate of drug-likeness (QED) is 0.849. The zero-order valence-electron chi connectivity index (χ0n) is 15.2. The number of carbonyl (C=O) groups excluding carboxylic acids is 1. The summed E-state index contributed by atoms with van der Waals surface area (Å²) in [4.78, 5) is 17.0. The van der Waals surface area contributed by atoms with Crippen LogP contribution in [0.4, 0.5) is 0 Å². The largest absolute Gasteiger partial charge is 0.465 e. The van der Waals surface area contributed by atoms with Crippen LogP contribution < -0.4 is 5.32 Å². The number of aryl methyl sites for hydroxylation is 1. The van der Waals surface area contributed by atoms with Gasteiger partial charge in [-0.05, 0) is 39.2 Å². The third-order valence-electron chi connectivity index (χ3n) is 4.47. The summed E-state index contributed by atoms with van der Waals surface area (Å²) < 4.78 is 7.66. The fourth-order valence-corrected chi connectivity index (χ4v) is 3.15. The first-order valence-corrected chi connectivity index (χ1v) is 8.72. The lowest BCUT2D eigenvalue weighted by Gasteiger charge is -2.22. The van der Waals surface area contributed by atoms with Crippen LogP contribution in [0.15, 0.2) is 28.8 Å². The molecule has 0 unspecified atom stereocenters. The zero-order valence-corrected chi connectivity index (χ0v) is 15.2. The summed E-state index contributed by atoms with van der Waals surface area (Å²) in [7, 11) is 4.00. The van der Waals surface area contributed by atoms with Crippen LogP contribution in [0.25, 0.3) is 0 Å². The molecule has 0 spiro atoms. The molecule has 3 heterocycles. The fourth-order valence-electron chi connectivity index (χ4n) is 3.15. The van der Waals surface area contributed by atoms with Gasteiger partial charge in [-0.2, -0.15) is 5.10 Å². The van der Waals surface area contributed by atoms with Crippen LogP contribution in [0.3, 0.4) is 0 Å². The predicted octanol–water partition coefficient (Wildman–Crippen LogP) is 1.09. The number of nitrogens with zero attached hydrogens (tertiary/aromatic N) is 4. The Labute approximate surface area is 148 Å². The molecule has 0 fully saturated rings. The summed E-state index contributed by atoms with van der Waals surface area (Å²) in [6.07, 6.45) is 1.80. The number of rotatable bonds is 6. The van der Waals surface area contributed by atoms with Crippen LogP contribution in [0.1, 0.15) is 17.2 Å². The summed E-state index contributed by atoms with van der Waals surface area (Å²) in [5.41, 5.74) is 1.13. The first kappa shape index (κ1) is 17.7. The number of likely N-dealkylation sites (N-methyl/N-ethyl adjacent to an activating group) is 1. The van der Waals surface area contributed by atoms with E-state index in [9.17, 15) is 4.79 Å². The predicted molar refractivity (Wildman–Crippen MR) is 94.8 cm³/mol. The molecule has 7 heteroatoms. The van der Waals surface area contributed by atoms with E-state index < -0.39 is 0 Å². The van der Waals surface area contributed by atoms with Crippen molar-refractivity contribution in [3.63, 3.8) is 0 Å². The van der Waals surface area contributed by atoms with Crippen LogP contribution in [-0.2, 0) is 24.4 Å². The molecule has 3 rings (SSSR count). The number of hydrogen-bond acceptors (Lipinski definition) is 5. The lowest BCUT2D eigenvalue weighted by atomic mass is 10.1. The Hall–Kier alpha value is -2.12. The van der Waals surface area contributed by atoms with Crippen LogP contribution >= 0.6 is 0 Å². The molecule has 1 atom stereocenters. The lowest BCUT2D eigenvalue weighted by molar-refractivity contribution is -0.126. The summed E-state index contributed by atoms with van der Waals surface area (Å²) in [5, 5.41) is 7.43. The molecule has 1 N–H and O–H groups in total. The molecule has 0 bridgehead atoms. The Kier molecular flexibility index (Phi) is 5.55. The highest BCUT2D eigenvalue weighted by Gasteiger charge is 2.27. The molecule has 7 nitrogen and oxygen atoms in total. The molecule has 2 aromatic rings. The van der Waals surface area contributed by atoms with Gasteiger partial charge in [0.15, 0.2) is 0 Å². The highest BCUT2D eigenvalue weighted by Crippen LogP contribution is 2.19. The Morgan fingerprint density at radius 3 is 2.92 bits per heavy atom. The highest BCUT2D eigenvalue weighted by atomic mass is 16.3. The second kappa shape index (κ2) is 7.84. The SMILES string of the molecule is Cc1ccc(CN2Cc3ccnn3C[C@@H](C(=O)NCCN(C)C)C2)o1. The number of nitrogens with one attached hydrogen (secondary N) is 1. The van der Waals surface area contributed by atoms with Gasteiger partial charge in [0, 0.05) is 32.4 Å². The number of aromatic nitrogens is 2. The van der Waals surface area contributed by atoms with Crippen molar-refractivity contribution in [1.29, 1.82) is 0 Å². The fraction of sp³-hybridized carbons (Fsp3) is 0.556. The Balaban J connectivity index is 1.69. The van der Waals surface area contributed by atoms with Gasteiger partial charge in [-0.1, -0.05) is 0 Å². The van der Waals surface area contributed by atoms with Crippen molar-refractivity contribution in [2.24, 2.45) is 5.92 Å². The molecule has 25 heavy (non-hydrogen) atoms. The molecule has 0 radical (unpaired) electrons. The molecule has 136 valence electrons. The third-order valence-corrected chi connectivity index (χ3v) is 4.47. The number of hydrogen-bond donors (Lipinski definition) is 1.